The highest BCUT2D eigenvalue weighted by Gasteiger charge is 2.27. The minimum atomic E-state index is -3.04. The van der Waals surface area contributed by atoms with Crippen LogP contribution in [0.5, 0.6) is 0 Å². The van der Waals surface area contributed by atoms with Crippen LogP contribution in [0.4, 0.5) is 0 Å². The second kappa shape index (κ2) is 4.27. The van der Waals surface area contributed by atoms with Crippen molar-refractivity contribution in [1.29, 1.82) is 0 Å². The van der Waals surface area contributed by atoms with Crippen LogP contribution < -0.4 is 11.1 Å². The maximum absolute atomic E-state index is 10.9. The fourth-order valence-corrected chi connectivity index (χ4v) is 2.17. The Bertz CT molecular complexity index is 309. The van der Waals surface area contributed by atoms with Gasteiger partial charge in [-0.15, -0.1) is 0 Å². The highest BCUT2D eigenvalue weighted by Crippen LogP contribution is 2.03. The number of hydrogen-bond acceptors (Lipinski definition) is 4. The summed E-state index contributed by atoms with van der Waals surface area (Å²) in [6.45, 7) is 4.94. The average Bonchev–Trinajstić information content (AvgIpc) is 1.79. The largest absolute Gasteiger partial charge is 0.368 e. The standard InChI is InChI=1S/C8H18N2O3S/c1-6(5-14(4,12)13)10-8(2,3)7(9)11/h6,10H,5H2,1-4H3,(H2,9,11). The van der Waals surface area contributed by atoms with Gasteiger partial charge in [-0.2, -0.15) is 0 Å². The van der Waals surface area contributed by atoms with E-state index in [1.807, 2.05) is 0 Å². The lowest BCUT2D eigenvalue weighted by molar-refractivity contribution is -0.123. The van der Waals surface area contributed by atoms with Gasteiger partial charge in [0.05, 0.1) is 11.3 Å². The summed E-state index contributed by atoms with van der Waals surface area (Å²) in [5, 5.41) is 2.86. The number of nitrogens with two attached hydrogens (primary N) is 1. The maximum atomic E-state index is 10.9. The molecule has 0 aromatic carbocycles. The van der Waals surface area contributed by atoms with E-state index in [1.165, 1.54) is 0 Å². The first-order chi connectivity index (χ1) is 6.04. The number of carbonyl (C=O) groups excluding carboxylic acids is 1. The van der Waals surface area contributed by atoms with E-state index in [9.17, 15) is 13.2 Å². The number of amides is 1. The third kappa shape index (κ3) is 5.18. The number of rotatable bonds is 5. The summed E-state index contributed by atoms with van der Waals surface area (Å²) < 4.78 is 21.9. The topological polar surface area (TPSA) is 89.3 Å². The van der Waals surface area contributed by atoms with Crippen LogP contribution in [-0.4, -0.2) is 37.9 Å². The first kappa shape index (κ1) is 13.4. The summed E-state index contributed by atoms with van der Waals surface area (Å²) in [6.07, 6.45) is 1.16. The smallest absolute Gasteiger partial charge is 0.237 e. The van der Waals surface area contributed by atoms with Gasteiger partial charge in [-0.3, -0.25) is 4.79 Å². The van der Waals surface area contributed by atoms with Gasteiger partial charge in [0.2, 0.25) is 5.91 Å². The van der Waals surface area contributed by atoms with Gasteiger partial charge in [-0.05, 0) is 20.8 Å². The maximum Gasteiger partial charge on any atom is 0.237 e. The third-order valence-corrected chi connectivity index (χ3v) is 2.88. The molecule has 0 saturated carbocycles. The Balaban J connectivity index is 4.34. The molecule has 0 bridgehead atoms. The molecule has 0 saturated heterocycles. The van der Waals surface area contributed by atoms with E-state index < -0.39 is 21.3 Å². The molecule has 1 atom stereocenters. The molecule has 1 amide bonds. The van der Waals surface area contributed by atoms with Crippen molar-refractivity contribution in [3.63, 3.8) is 0 Å². The first-order valence-electron chi connectivity index (χ1n) is 4.30. The average molecular weight is 222 g/mol. The van der Waals surface area contributed by atoms with E-state index in [0.29, 0.717) is 0 Å². The lowest BCUT2D eigenvalue weighted by Gasteiger charge is -2.26. The van der Waals surface area contributed by atoms with Gasteiger partial charge in [-0.25, -0.2) is 8.42 Å². The predicted octanol–water partition coefficient (Wildman–Crippen LogP) is -0.727. The molecular formula is C8H18N2O3S. The molecule has 0 aliphatic heterocycles. The van der Waals surface area contributed by atoms with Gasteiger partial charge < -0.3 is 11.1 Å². The molecule has 14 heavy (non-hydrogen) atoms. The Kier molecular flexibility index (Phi) is 4.08. The second-order valence-corrected chi connectivity index (χ2v) is 6.31. The van der Waals surface area contributed by atoms with E-state index in [-0.39, 0.29) is 11.8 Å². The van der Waals surface area contributed by atoms with Gasteiger partial charge in [-0.1, -0.05) is 0 Å². The van der Waals surface area contributed by atoms with Crippen molar-refractivity contribution in [3.8, 4) is 0 Å². The van der Waals surface area contributed by atoms with Crippen LogP contribution in [0, 0.1) is 0 Å². The van der Waals surface area contributed by atoms with E-state index >= 15 is 0 Å². The highest BCUT2D eigenvalue weighted by molar-refractivity contribution is 7.90. The van der Waals surface area contributed by atoms with Crippen LogP contribution in [-0.2, 0) is 14.6 Å². The van der Waals surface area contributed by atoms with Crippen LogP contribution in [0.15, 0.2) is 0 Å². The van der Waals surface area contributed by atoms with Crippen molar-refractivity contribution in [2.75, 3.05) is 12.0 Å². The number of nitrogens with one attached hydrogen (secondary N) is 1. The number of primary amides is 1. The van der Waals surface area contributed by atoms with Crippen LogP contribution >= 0.6 is 0 Å². The van der Waals surface area contributed by atoms with Crippen LogP contribution in [0.2, 0.25) is 0 Å². The molecule has 0 aromatic rings. The summed E-state index contributed by atoms with van der Waals surface area (Å²) in [5.74, 6) is -0.512. The van der Waals surface area contributed by atoms with Crippen molar-refractivity contribution < 1.29 is 13.2 Å². The van der Waals surface area contributed by atoms with E-state index in [1.54, 1.807) is 20.8 Å². The first-order valence-corrected chi connectivity index (χ1v) is 6.36. The molecule has 0 aromatic heterocycles. The third-order valence-electron chi connectivity index (χ3n) is 1.78. The molecule has 0 fully saturated rings. The summed E-state index contributed by atoms with van der Waals surface area (Å²) in [6, 6.07) is -0.299. The molecule has 3 N–H and O–H groups in total. The van der Waals surface area contributed by atoms with Crippen LogP contribution in [0.25, 0.3) is 0 Å². The van der Waals surface area contributed by atoms with E-state index in [4.69, 9.17) is 5.73 Å². The zero-order valence-corrected chi connectivity index (χ0v) is 9.81. The summed E-state index contributed by atoms with van der Waals surface area (Å²) in [5.41, 5.74) is 4.25. The molecule has 0 aliphatic rings. The van der Waals surface area contributed by atoms with Gasteiger partial charge in [0.15, 0.2) is 0 Å². The quantitative estimate of drug-likeness (QED) is 0.642. The zero-order valence-electron chi connectivity index (χ0n) is 8.99. The minimum absolute atomic E-state index is 0.0102. The normalized spacial score (nSPS) is 15.1. The summed E-state index contributed by atoms with van der Waals surface area (Å²) >= 11 is 0. The highest BCUT2D eigenvalue weighted by atomic mass is 32.2. The van der Waals surface area contributed by atoms with Crippen molar-refractivity contribution in [1.82, 2.24) is 5.32 Å². The van der Waals surface area contributed by atoms with Gasteiger partial charge in [0, 0.05) is 12.3 Å². The Hall–Kier alpha value is -0.620. The van der Waals surface area contributed by atoms with Gasteiger partial charge in [0.1, 0.15) is 9.84 Å². The monoisotopic (exact) mass is 222 g/mol. The lowest BCUT2D eigenvalue weighted by Crippen LogP contribution is -2.55. The second-order valence-electron chi connectivity index (χ2n) is 4.13. The SMILES string of the molecule is CC(CS(C)(=O)=O)NC(C)(C)C(N)=O. The molecule has 0 aliphatic carbocycles. The number of carbonyl (C=O) groups is 1. The fourth-order valence-electron chi connectivity index (χ4n) is 1.18. The fraction of sp³-hybridized carbons (Fsp3) is 0.875. The molecule has 84 valence electrons. The van der Waals surface area contributed by atoms with Crippen molar-refractivity contribution in [2.45, 2.75) is 32.4 Å². The van der Waals surface area contributed by atoms with Gasteiger partial charge in [0.25, 0.3) is 0 Å². The predicted molar refractivity (Wildman–Crippen MR) is 55.6 cm³/mol. The summed E-state index contributed by atoms with van der Waals surface area (Å²) in [7, 11) is -3.04. The number of sulfone groups is 1. The molecular weight excluding hydrogens is 204 g/mol. The molecule has 1 unspecified atom stereocenters. The lowest BCUT2D eigenvalue weighted by atomic mass is 10.0. The zero-order chi connectivity index (χ0) is 11.6. The van der Waals surface area contributed by atoms with Crippen molar-refractivity contribution in [3.05, 3.63) is 0 Å². The number of hydrogen-bond donors (Lipinski definition) is 2. The Morgan fingerprint density at radius 2 is 1.93 bits per heavy atom. The molecule has 0 heterocycles. The minimum Gasteiger partial charge on any atom is -0.368 e. The molecule has 5 nitrogen and oxygen atoms in total. The Labute approximate surface area is 85.0 Å². The van der Waals surface area contributed by atoms with Crippen LogP contribution in [0.3, 0.4) is 0 Å². The van der Waals surface area contributed by atoms with Crippen LogP contribution in [0.1, 0.15) is 20.8 Å². The van der Waals surface area contributed by atoms with E-state index in [0.717, 1.165) is 6.26 Å². The van der Waals surface area contributed by atoms with Crippen molar-refractivity contribution >= 4 is 15.7 Å². The Morgan fingerprint density at radius 1 is 1.50 bits per heavy atom. The molecule has 6 heteroatoms. The molecule has 0 rings (SSSR count). The Morgan fingerprint density at radius 3 is 2.21 bits per heavy atom. The molecule has 0 radical (unpaired) electrons. The summed E-state index contributed by atoms with van der Waals surface area (Å²) in [4.78, 5) is 10.9. The van der Waals surface area contributed by atoms with E-state index in [2.05, 4.69) is 5.32 Å². The van der Waals surface area contributed by atoms with Crippen molar-refractivity contribution in [2.24, 2.45) is 5.73 Å². The van der Waals surface area contributed by atoms with Gasteiger partial charge >= 0.3 is 0 Å². The molecule has 0 spiro atoms.